The highest BCUT2D eigenvalue weighted by Gasteiger charge is 2.22. The van der Waals surface area contributed by atoms with Gasteiger partial charge in [-0.15, -0.1) is 0 Å². The lowest BCUT2D eigenvalue weighted by Gasteiger charge is -2.13. The van der Waals surface area contributed by atoms with Crippen molar-refractivity contribution in [1.29, 1.82) is 0 Å². The molecule has 0 spiro atoms. The van der Waals surface area contributed by atoms with Gasteiger partial charge in [0.15, 0.2) is 0 Å². The van der Waals surface area contributed by atoms with Gasteiger partial charge in [-0.2, -0.15) is 5.10 Å². The second-order valence-electron chi connectivity index (χ2n) is 3.07. The fourth-order valence-electron chi connectivity index (χ4n) is 1.25. The van der Waals surface area contributed by atoms with Gasteiger partial charge in [-0.05, 0) is 22.9 Å². The summed E-state index contributed by atoms with van der Waals surface area (Å²) in [6.45, 7) is 1.53. The van der Waals surface area contributed by atoms with Crippen LogP contribution in [0.2, 0.25) is 0 Å². The molecule has 4 nitrogen and oxygen atoms in total. The van der Waals surface area contributed by atoms with Crippen molar-refractivity contribution >= 4 is 21.9 Å². The van der Waals surface area contributed by atoms with Crippen molar-refractivity contribution in [2.24, 2.45) is 0 Å². The Hall–Kier alpha value is -0.980. The van der Waals surface area contributed by atoms with Gasteiger partial charge >= 0.3 is 5.97 Å². The maximum Gasteiger partial charge on any atom is 0.305 e. The van der Waals surface area contributed by atoms with E-state index in [2.05, 4.69) is 21.0 Å². The molecule has 0 unspecified atom stereocenters. The van der Waals surface area contributed by atoms with E-state index in [0.29, 0.717) is 0 Å². The molecule has 0 aliphatic rings. The minimum atomic E-state index is -2.68. The van der Waals surface area contributed by atoms with Gasteiger partial charge in [-0.1, -0.05) is 0 Å². The number of halogens is 3. The number of carboxylic acids is 1. The molecule has 0 radical (unpaired) electrons. The maximum absolute atomic E-state index is 12.6. The molecule has 0 aliphatic carbocycles. The van der Waals surface area contributed by atoms with E-state index >= 15 is 0 Å². The predicted molar refractivity (Wildman–Crippen MR) is 51.8 cm³/mol. The van der Waals surface area contributed by atoms with Gasteiger partial charge in [0.2, 0.25) is 0 Å². The van der Waals surface area contributed by atoms with Crippen LogP contribution in [0.15, 0.2) is 10.7 Å². The van der Waals surface area contributed by atoms with Gasteiger partial charge in [-0.3, -0.25) is 9.48 Å². The minimum Gasteiger partial charge on any atom is -0.481 e. The molecule has 1 aromatic heterocycles. The Morgan fingerprint density at radius 2 is 2.33 bits per heavy atom. The number of alkyl halides is 2. The third-order valence-electron chi connectivity index (χ3n) is 1.88. The smallest absolute Gasteiger partial charge is 0.305 e. The van der Waals surface area contributed by atoms with Crippen LogP contribution >= 0.6 is 15.9 Å². The van der Waals surface area contributed by atoms with E-state index < -0.39 is 18.4 Å². The summed E-state index contributed by atoms with van der Waals surface area (Å²) >= 11 is 2.94. The zero-order chi connectivity index (χ0) is 11.6. The lowest BCUT2D eigenvalue weighted by molar-refractivity contribution is -0.137. The van der Waals surface area contributed by atoms with Crippen molar-refractivity contribution in [3.05, 3.63) is 16.4 Å². The SMILES string of the molecule is C[C@@H](CC(=O)O)n1ncc(Br)c1C(F)F. The molecule has 1 N–H and O–H groups in total. The quantitative estimate of drug-likeness (QED) is 0.924. The Kier molecular flexibility index (Phi) is 3.78. The zero-order valence-corrected chi connectivity index (χ0v) is 9.41. The van der Waals surface area contributed by atoms with E-state index in [9.17, 15) is 13.6 Å². The van der Waals surface area contributed by atoms with Gasteiger partial charge < -0.3 is 5.11 Å². The van der Waals surface area contributed by atoms with Gasteiger partial charge in [0.05, 0.1) is 23.1 Å². The van der Waals surface area contributed by atoms with Crippen LogP contribution < -0.4 is 0 Å². The second-order valence-corrected chi connectivity index (χ2v) is 3.92. The van der Waals surface area contributed by atoms with Gasteiger partial charge in [-0.25, -0.2) is 8.78 Å². The van der Waals surface area contributed by atoms with Crippen molar-refractivity contribution in [3.63, 3.8) is 0 Å². The molecule has 1 aromatic rings. The number of rotatable bonds is 4. The van der Waals surface area contributed by atoms with E-state index in [1.807, 2.05) is 0 Å². The second kappa shape index (κ2) is 4.69. The first-order valence-corrected chi connectivity index (χ1v) is 4.95. The molecule has 0 saturated carbocycles. The Morgan fingerprint density at radius 1 is 1.73 bits per heavy atom. The Balaban J connectivity index is 2.98. The highest BCUT2D eigenvalue weighted by molar-refractivity contribution is 9.10. The summed E-state index contributed by atoms with van der Waals surface area (Å²) in [4.78, 5) is 10.4. The average Bonchev–Trinajstić information content (AvgIpc) is 2.45. The topological polar surface area (TPSA) is 55.1 Å². The van der Waals surface area contributed by atoms with Crippen molar-refractivity contribution < 1.29 is 18.7 Å². The highest BCUT2D eigenvalue weighted by Crippen LogP contribution is 2.29. The van der Waals surface area contributed by atoms with Crippen LogP contribution in [0.5, 0.6) is 0 Å². The predicted octanol–water partition coefficient (Wildman–Crippen LogP) is 2.62. The number of carboxylic acid groups (broad SMARTS) is 1. The van der Waals surface area contributed by atoms with Crippen molar-refractivity contribution in [1.82, 2.24) is 9.78 Å². The molecule has 7 heteroatoms. The Labute approximate surface area is 93.0 Å². The summed E-state index contributed by atoms with van der Waals surface area (Å²) in [6, 6.07) is -0.599. The number of carbonyl (C=O) groups is 1. The lowest BCUT2D eigenvalue weighted by Crippen LogP contribution is -2.14. The molecule has 0 amide bonds. The summed E-state index contributed by atoms with van der Waals surface area (Å²) in [6.07, 6.45) is -1.69. The minimum absolute atomic E-state index is 0.190. The third kappa shape index (κ3) is 2.74. The molecular formula is C8H9BrF2N2O2. The Bertz CT molecular complexity index is 368. The molecule has 0 aliphatic heterocycles. The molecule has 15 heavy (non-hydrogen) atoms. The van der Waals surface area contributed by atoms with E-state index in [1.165, 1.54) is 13.1 Å². The first kappa shape index (κ1) is 12.1. The van der Waals surface area contributed by atoms with Crippen LogP contribution in [0.1, 0.15) is 31.5 Å². The molecule has 84 valence electrons. The van der Waals surface area contributed by atoms with Crippen molar-refractivity contribution in [3.8, 4) is 0 Å². The highest BCUT2D eigenvalue weighted by atomic mass is 79.9. The van der Waals surface area contributed by atoms with Crippen LogP contribution in [-0.2, 0) is 4.79 Å². The number of nitrogens with zero attached hydrogens (tertiary/aromatic N) is 2. The van der Waals surface area contributed by atoms with Gasteiger partial charge in [0.1, 0.15) is 5.69 Å². The summed E-state index contributed by atoms with van der Waals surface area (Å²) in [5.74, 6) is -1.05. The Morgan fingerprint density at radius 3 is 2.80 bits per heavy atom. The standard InChI is InChI=1S/C8H9BrF2N2O2/c1-4(2-6(14)15)13-7(8(10)11)5(9)3-12-13/h3-4,8H,2H2,1H3,(H,14,15)/t4-/m0/s1. The average molecular weight is 283 g/mol. The van der Waals surface area contributed by atoms with Crippen LogP contribution in [0.4, 0.5) is 8.78 Å². The largest absolute Gasteiger partial charge is 0.481 e. The normalized spacial score (nSPS) is 13.1. The fourth-order valence-corrected chi connectivity index (χ4v) is 1.69. The zero-order valence-electron chi connectivity index (χ0n) is 7.82. The van der Waals surface area contributed by atoms with Gasteiger partial charge in [0, 0.05) is 0 Å². The molecule has 1 rings (SSSR count). The molecule has 0 fully saturated rings. The number of hydrogen-bond donors (Lipinski definition) is 1. The van der Waals surface area contributed by atoms with E-state index in [4.69, 9.17) is 5.11 Å². The molecule has 1 atom stereocenters. The monoisotopic (exact) mass is 282 g/mol. The molecule has 0 bridgehead atoms. The first-order chi connectivity index (χ1) is 6.93. The van der Waals surface area contributed by atoms with Crippen LogP contribution in [0, 0.1) is 0 Å². The molecular weight excluding hydrogens is 274 g/mol. The molecule has 0 aromatic carbocycles. The number of aromatic nitrogens is 2. The summed E-state index contributed by atoms with van der Waals surface area (Å²) in [5, 5.41) is 12.3. The van der Waals surface area contributed by atoms with Crippen molar-refractivity contribution in [2.45, 2.75) is 25.8 Å². The van der Waals surface area contributed by atoms with Crippen LogP contribution in [-0.4, -0.2) is 20.9 Å². The van der Waals surface area contributed by atoms with Gasteiger partial charge in [0.25, 0.3) is 6.43 Å². The molecule has 0 saturated heterocycles. The number of hydrogen-bond acceptors (Lipinski definition) is 2. The first-order valence-electron chi connectivity index (χ1n) is 4.16. The summed E-state index contributed by atoms with van der Waals surface area (Å²) < 4.78 is 26.4. The van der Waals surface area contributed by atoms with E-state index in [0.717, 1.165) is 4.68 Å². The molecule has 1 heterocycles. The fraction of sp³-hybridized carbons (Fsp3) is 0.500. The summed E-state index contributed by atoms with van der Waals surface area (Å²) in [5.41, 5.74) is -0.288. The van der Waals surface area contributed by atoms with E-state index in [1.54, 1.807) is 0 Å². The van der Waals surface area contributed by atoms with Crippen LogP contribution in [0.25, 0.3) is 0 Å². The van der Waals surface area contributed by atoms with Crippen LogP contribution in [0.3, 0.4) is 0 Å². The van der Waals surface area contributed by atoms with Crippen molar-refractivity contribution in [2.75, 3.05) is 0 Å². The number of aliphatic carboxylic acids is 1. The summed E-state index contributed by atoms with van der Waals surface area (Å²) in [7, 11) is 0. The lowest BCUT2D eigenvalue weighted by atomic mass is 10.2. The third-order valence-corrected chi connectivity index (χ3v) is 2.49. The van der Waals surface area contributed by atoms with E-state index in [-0.39, 0.29) is 16.6 Å². The maximum atomic E-state index is 12.6.